The second kappa shape index (κ2) is 7.58. The van der Waals surface area contributed by atoms with Gasteiger partial charge in [-0.1, -0.05) is 32.3 Å². The first kappa shape index (κ1) is 14.4. The van der Waals surface area contributed by atoms with Crippen LogP contribution in [0.4, 0.5) is 5.69 Å². The molecule has 0 amide bonds. The van der Waals surface area contributed by atoms with Crippen molar-refractivity contribution in [2.75, 3.05) is 19.5 Å². The molecular weight excluding hydrogens is 230 g/mol. The van der Waals surface area contributed by atoms with Crippen molar-refractivity contribution in [3.63, 3.8) is 0 Å². The van der Waals surface area contributed by atoms with Crippen LogP contribution >= 0.6 is 0 Å². The molecule has 0 spiro atoms. The Balaban J connectivity index is 2.64. The van der Waals surface area contributed by atoms with Gasteiger partial charge >= 0.3 is 5.97 Å². The number of hydrogen-bond acceptors (Lipinski definition) is 4. The number of ether oxygens (including phenoxy) is 2. The van der Waals surface area contributed by atoms with Crippen molar-refractivity contribution in [2.45, 2.75) is 32.6 Å². The Morgan fingerprint density at radius 1 is 1.28 bits per heavy atom. The van der Waals surface area contributed by atoms with E-state index >= 15 is 0 Å². The molecule has 4 heteroatoms. The lowest BCUT2D eigenvalue weighted by Gasteiger charge is -2.11. The van der Waals surface area contributed by atoms with Crippen LogP contribution in [0.2, 0.25) is 0 Å². The van der Waals surface area contributed by atoms with Gasteiger partial charge < -0.3 is 15.2 Å². The molecule has 18 heavy (non-hydrogen) atoms. The highest BCUT2D eigenvalue weighted by atomic mass is 16.5. The molecule has 0 aliphatic carbocycles. The predicted octanol–water partition coefficient (Wildman–Crippen LogP) is 3.01. The fraction of sp³-hybridized carbons (Fsp3) is 0.500. The molecule has 0 atom stereocenters. The highest BCUT2D eigenvalue weighted by Crippen LogP contribution is 2.25. The van der Waals surface area contributed by atoms with Crippen LogP contribution < -0.4 is 10.5 Å². The van der Waals surface area contributed by atoms with Crippen LogP contribution in [0.25, 0.3) is 0 Å². The first-order valence-corrected chi connectivity index (χ1v) is 6.30. The highest BCUT2D eigenvalue weighted by molar-refractivity contribution is 5.98. The lowest BCUT2D eigenvalue weighted by atomic mass is 10.1. The predicted molar refractivity (Wildman–Crippen MR) is 71.8 cm³/mol. The number of hydrogen-bond donors (Lipinski definition) is 1. The van der Waals surface area contributed by atoms with Crippen LogP contribution in [-0.2, 0) is 4.74 Å². The molecule has 0 bridgehead atoms. The van der Waals surface area contributed by atoms with Crippen molar-refractivity contribution in [3.8, 4) is 5.75 Å². The van der Waals surface area contributed by atoms with Crippen LogP contribution in [-0.4, -0.2) is 19.7 Å². The third-order valence-electron chi connectivity index (χ3n) is 2.70. The van der Waals surface area contributed by atoms with E-state index in [4.69, 9.17) is 15.2 Å². The maximum Gasteiger partial charge on any atom is 0.343 e. The first-order chi connectivity index (χ1) is 8.70. The first-order valence-electron chi connectivity index (χ1n) is 6.30. The van der Waals surface area contributed by atoms with Gasteiger partial charge in [-0.2, -0.15) is 0 Å². The van der Waals surface area contributed by atoms with Gasteiger partial charge in [-0.05, 0) is 18.6 Å². The van der Waals surface area contributed by atoms with Crippen LogP contribution in [0, 0.1) is 0 Å². The normalized spacial score (nSPS) is 10.1. The lowest BCUT2D eigenvalue weighted by molar-refractivity contribution is 0.0597. The zero-order valence-electron chi connectivity index (χ0n) is 11.1. The molecule has 1 rings (SSSR count). The van der Waals surface area contributed by atoms with E-state index < -0.39 is 5.97 Å². The molecule has 0 heterocycles. The Morgan fingerprint density at radius 2 is 2.06 bits per heavy atom. The van der Waals surface area contributed by atoms with Crippen LogP contribution in [0.15, 0.2) is 18.2 Å². The van der Waals surface area contributed by atoms with Gasteiger partial charge in [0.2, 0.25) is 0 Å². The minimum Gasteiger partial charge on any atom is -0.493 e. The van der Waals surface area contributed by atoms with E-state index in [2.05, 4.69) is 6.92 Å². The summed E-state index contributed by atoms with van der Waals surface area (Å²) in [5.74, 6) is 0.0370. The van der Waals surface area contributed by atoms with Crippen LogP contribution in [0.5, 0.6) is 5.75 Å². The summed E-state index contributed by atoms with van der Waals surface area (Å²) in [7, 11) is 1.33. The highest BCUT2D eigenvalue weighted by Gasteiger charge is 2.16. The Bertz CT molecular complexity index is 391. The van der Waals surface area contributed by atoms with Gasteiger partial charge in [-0.3, -0.25) is 0 Å². The summed E-state index contributed by atoms with van der Waals surface area (Å²) in [5.41, 5.74) is 6.47. The van der Waals surface area contributed by atoms with Crippen molar-refractivity contribution >= 4 is 11.7 Å². The molecule has 0 aliphatic heterocycles. The molecule has 0 unspecified atom stereocenters. The fourth-order valence-corrected chi connectivity index (χ4v) is 1.70. The zero-order valence-corrected chi connectivity index (χ0v) is 11.1. The third-order valence-corrected chi connectivity index (χ3v) is 2.70. The van der Waals surface area contributed by atoms with E-state index in [1.807, 2.05) is 0 Å². The number of unbranched alkanes of at least 4 members (excludes halogenated alkanes) is 3. The summed E-state index contributed by atoms with van der Waals surface area (Å²) >= 11 is 0. The number of esters is 1. The molecule has 0 saturated heterocycles. The quantitative estimate of drug-likeness (QED) is 0.459. The molecule has 4 nitrogen and oxygen atoms in total. The Hall–Kier alpha value is -1.71. The fourth-order valence-electron chi connectivity index (χ4n) is 1.70. The summed E-state index contributed by atoms with van der Waals surface area (Å²) in [6.07, 6.45) is 4.49. The van der Waals surface area contributed by atoms with Crippen molar-refractivity contribution in [1.82, 2.24) is 0 Å². The molecule has 0 aromatic heterocycles. The summed E-state index contributed by atoms with van der Waals surface area (Å²) in [6, 6.07) is 5.17. The van der Waals surface area contributed by atoms with Crippen molar-refractivity contribution in [3.05, 3.63) is 23.8 Å². The summed E-state index contributed by atoms with van der Waals surface area (Å²) in [6.45, 7) is 2.75. The number of nitrogens with two attached hydrogens (primary N) is 1. The molecule has 1 aromatic rings. The second-order valence-electron chi connectivity index (χ2n) is 4.12. The van der Waals surface area contributed by atoms with Crippen molar-refractivity contribution < 1.29 is 14.3 Å². The Kier molecular flexibility index (Phi) is 6.05. The number of anilines is 1. The lowest BCUT2D eigenvalue weighted by Crippen LogP contribution is -2.09. The Morgan fingerprint density at radius 3 is 2.72 bits per heavy atom. The molecule has 0 fully saturated rings. The maximum atomic E-state index is 11.6. The molecule has 1 aromatic carbocycles. The summed E-state index contributed by atoms with van der Waals surface area (Å²) in [4.78, 5) is 11.6. The van der Waals surface area contributed by atoms with Gasteiger partial charge in [0.1, 0.15) is 11.3 Å². The minimum absolute atomic E-state index is 0.315. The second-order valence-corrected chi connectivity index (χ2v) is 4.12. The third kappa shape index (κ3) is 3.95. The molecule has 100 valence electrons. The number of rotatable bonds is 7. The topological polar surface area (TPSA) is 61.5 Å². The van der Waals surface area contributed by atoms with Gasteiger partial charge in [0.25, 0.3) is 0 Å². The largest absolute Gasteiger partial charge is 0.493 e. The SMILES string of the molecule is CCCCCCOc1cccc(N)c1C(=O)OC. The minimum atomic E-state index is -0.461. The van der Waals surface area contributed by atoms with Gasteiger partial charge in [0.15, 0.2) is 0 Å². The van der Waals surface area contributed by atoms with Crippen LogP contribution in [0.3, 0.4) is 0 Å². The Labute approximate surface area is 108 Å². The number of carbonyl (C=O) groups is 1. The molecular formula is C14H21NO3. The van der Waals surface area contributed by atoms with Crippen LogP contribution in [0.1, 0.15) is 43.0 Å². The average molecular weight is 251 g/mol. The number of nitrogen functional groups attached to an aromatic ring is 1. The van der Waals surface area contributed by atoms with Gasteiger partial charge in [-0.25, -0.2) is 4.79 Å². The van der Waals surface area contributed by atoms with E-state index in [-0.39, 0.29) is 0 Å². The van der Waals surface area contributed by atoms with E-state index in [0.29, 0.717) is 23.6 Å². The average Bonchev–Trinajstić information content (AvgIpc) is 2.38. The van der Waals surface area contributed by atoms with Gasteiger partial charge in [-0.15, -0.1) is 0 Å². The van der Waals surface area contributed by atoms with E-state index in [1.165, 1.54) is 20.0 Å². The van der Waals surface area contributed by atoms with Crippen molar-refractivity contribution in [2.24, 2.45) is 0 Å². The van der Waals surface area contributed by atoms with E-state index in [9.17, 15) is 4.79 Å². The molecule has 0 saturated carbocycles. The van der Waals surface area contributed by atoms with Crippen molar-refractivity contribution in [1.29, 1.82) is 0 Å². The molecule has 2 N–H and O–H groups in total. The monoisotopic (exact) mass is 251 g/mol. The van der Waals surface area contributed by atoms with E-state index in [1.54, 1.807) is 18.2 Å². The number of benzene rings is 1. The molecule has 0 radical (unpaired) electrons. The smallest absolute Gasteiger partial charge is 0.343 e. The van der Waals surface area contributed by atoms with E-state index in [0.717, 1.165) is 12.8 Å². The van der Waals surface area contributed by atoms with Gasteiger partial charge in [0.05, 0.1) is 13.7 Å². The molecule has 0 aliphatic rings. The number of methoxy groups -OCH3 is 1. The zero-order chi connectivity index (χ0) is 13.4. The maximum absolute atomic E-state index is 11.6. The number of carbonyl (C=O) groups excluding carboxylic acids is 1. The van der Waals surface area contributed by atoms with Gasteiger partial charge in [0, 0.05) is 5.69 Å². The summed E-state index contributed by atoms with van der Waals surface area (Å²) in [5, 5.41) is 0. The summed E-state index contributed by atoms with van der Waals surface area (Å²) < 4.78 is 10.3. The standard InChI is InChI=1S/C14H21NO3/c1-3-4-5-6-10-18-12-9-7-8-11(15)13(12)14(16)17-2/h7-9H,3-6,10,15H2,1-2H3.